The fourth-order valence-corrected chi connectivity index (χ4v) is 3.11. The van der Waals surface area contributed by atoms with Gasteiger partial charge in [-0.1, -0.05) is 17.7 Å². The molecule has 0 atom stereocenters. The molecular formula is C18H11ClF4N4. The van der Waals surface area contributed by atoms with Gasteiger partial charge >= 0.3 is 0 Å². The highest BCUT2D eigenvalue weighted by atomic mass is 35.5. The number of aliphatic imine (C=N–C) groups is 1. The quantitative estimate of drug-likeness (QED) is 0.563. The van der Waals surface area contributed by atoms with Crippen molar-refractivity contribution in [2.75, 3.05) is 0 Å². The van der Waals surface area contributed by atoms with Crippen LogP contribution >= 0.6 is 11.6 Å². The largest absolute Gasteiger partial charge is 0.298 e. The second-order valence-corrected chi connectivity index (χ2v) is 7.08. The normalized spacial score (nSPS) is 17.5. The molecule has 2 aromatic carbocycles. The Morgan fingerprint density at radius 3 is 2.48 bits per heavy atom. The molecular weight excluding hydrogens is 384 g/mol. The minimum Gasteiger partial charge on any atom is -0.268 e. The Balaban J connectivity index is 1.97. The lowest BCUT2D eigenvalue weighted by Gasteiger charge is -2.36. The van der Waals surface area contributed by atoms with Crippen molar-refractivity contribution in [3.05, 3.63) is 63.9 Å². The standard InChI is InChI=1S/C18H11ClF4N4/c1-17(2)18(22,23)10-7-8(19)3-4-9(10)14(25-17)16-24-12-6-5-11(20)13(21)15(12)26-27-16/h3-7H,1-2H3. The number of benzene rings is 2. The summed E-state index contributed by atoms with van der Waals surface area (Å²) in [6, 6.07) is 6.17. The molecule has 0 N–H and O–H groups in total. The Morgan fingerprint density at radius 1 is 1.00 bits per heavy atom. The Hall–Kier alpha value is -2.61. The van der Waals surface area contributed by atoms with Crippen LogP contribution in [0.4, 0.5) is 17.6 Å². The molecule has 0 unspecified atom stereocenters. The van der Waals surface area contributed by atoms with Crippen molar-refractivity contribution in [2.24, 2.45) is 4.99 Å². The topological polar surface area (TPSA) is 51.0 Å². The number of aromatic nitrogens is 3. The summed E-state index contributed by atoms with van der Waals surface area (Å²) in [4.78, 5) is 8.29. The predicted octanol–water partition coefficient (Wildman–Crippen LogP) is 4.68. The lowest BCUT2D eigenvalue weighted by molar-refractivity contribution is -0.0682. The highest BCUT2D eigenvalue weighted by Crippen LogP contribution is 2.47. The molecule has 0 fully saturated rings. The van der Waals surface area contributed by atoms with Gasteiger partial charge in [0.1, 0.15) is 11.3 Å². The van der Waals surface area contributed by atoms with Crippen molar-refractivity contribution < 1.29 is 17.6 Å². The maximum atomic E-state index is 14.9. The van der Waals surface area contributed by atoms with E-state index in [2.05, 4.69) is 20.2 Å². The Bertz CT molecular complexity index is 1130. The van der Waals surface area contributed by atoms with E-state index in [0.717, 1.165) is 6.07 Å². The van der Waals surface area contributed by atoms with Gasteiger partial charge in [0.15, 0.2) is 17.2 Å². The molecule has 3 aromatic rings. The first-order valence-electron chi connectivity index (χ1n) is 7.89. The Labute approximate surface area is 155 Å². The zero-order valence-electron chi connectivity index (χ0n) is 14.1. The Kier molecular flexibility index (Phi) is 3.75. The molecule has 9 heteroatoms. The van der Waals surface area contributed by atoms with E-state index >= 15 is 0 Å². The molecule has 0 amide bonds. The molecule has 4 nitrogen and oxygen atoms in total. The number of nitrogens with zero attached hydrogens (tertiary/aromatic N) is 4. The smallest absolute Gasteiger partial charge is 0.268 e. The van der Waals surface area contributed by atoms with Gasteiger partial charge in [0, 0.05) is 16.1 Å². The van der Waals surface area contributed by atoms with E-state index in [1.807, 2.05) is 0 Å². The molecule has 0 aliphatic carbocycles. The van der Waals surface area contributed by atoms with Gasteiger partial charge in [-0.15, -0.1) is 10.2 Å². The lowest BCUT2D eigenvalue weighted by atomic mass is 9.83. The summed E-state index contributed by atoms with van der Waals surface area (Å²) in [5.41, 5.74) is -2.24. The fraction of sp³-hybridized carbons (Fsp3) is 0.222. The lowest BCUT2D eigenvalue weighted by Crippen LogP contribution is -2.44. The number of hydrogen-bond donors (Lipinski definition) is 0. The molecule has 0 spiro atoms. The van der Waals surface area contributed by atoms with Crippen LogP contribution < -0.4 is 0 Å². The molecule has 1 aliphatic rings. The molecule has 4 rings (SSSR count). The first-order valence-corrected chi connectivity index (χ1v) is 8.26. The highest BCUT2D eigenvalue weighted by molar-refractivity contribution is 6.31. The van der Waals surface area contributed by atoms with Gasteiger partial charge in [0.05, 0.1) is 5.52 Å². The van der Waals surface area contributed by atoms with Gasteiger partial charge in [-0.25, -0.2) is 13.8 Å². The SMILES string of the molecule is CC1(C)N=C(c2nnc3c(F)c(F)ccc3n2)c2ccc(Cl)cc2C1(F)F. The minimum atomic E-state index is -3.28. The second-order valence-electron chi connectivity index (χ2n) is 6.65. The minimum absolute atomic E-state index is 0.0345. The van der Waals surface area contributed by atoms with Crippen LogP contribution in [0.2, 0.25) is 5.02 Å². The predicted molar refractivity (Wildman–Crippen MR) is 92.3 cm³/mol. The molecule has 0 radical (unpaired) electrons. The third-order valence-electron chi connectivity index (χ3n) is 4.47. The molecule has 138 valence electrons. The third-order valence-corrected chi connectivity index (χ3v) is 4.70. The molecule has 0 bridgehead atoms. The van der Waals surface area contributed by atoms with Gasteiger partial charge in [-0.2, -0.15) is 8.78 Å². The molecule has 0 saturated carbocycles. The van der Waals surface area contributed by atoms with Crippen LogP contribution in [0.25, 0.3) is 11.0 Å². The summed E-state index contributed by atoms with van der Waals surface area (Å²) in [7, 11) is 0. The monoisotopic (exact) mass is 394 g/mol. The molecule has 2 heterocycles. The van der Waals surface area contributed by atoms with Gasteiger partial charge < -0.3 is 0 Å². The van der Waals surface area contributed by atoms with Crippen LogP contribution in [0, 0.1) is 11.6 Å². The average Bonchev–Trinajstić information content (AvgIpc) is 2.62. The third kappa shape index (κ3) is 2.58. The van der Waals surface area contributed by atoms with E-state index in [1.165, 1.54) is 38.1 Å². The van der Waals surface area contributed by atoms with Gasteiger partial charge in [-0.05, 0) is 38.1 Å². The van der Waals surface area contributed by atoms with Crippen molar-refractivity contribution in [1.82, 2.24) is 15.2 Å². The maximum absolute atomic E-state index is 14.9. The van der Waals surface area contributed by atoms with Crippen molar-refractivity contribution >= 4 is 28.3 Å². The van der Waals surface area contributed by atoms with Gasteiger partial charge in [-0.3, -0.25) is 4.99 Å². The molecule has 0 saturated heterocycles. The second kappa shape index (κ2) is 5.69. The van der Waals surface area contributed by atoms with E-state index in [9.17, 15) is 17.6 Å². The van der Waals surface area contributed by atoms with Crippen molar-refractivity contribution in [2.45, 2.75) is 25.3 Å². The molecule has 1 aromatic heterocycles. The van der Waals surface area contributed by atoms with E-state index in [1.54, 1.807) is 0 Å². The van der Waals surface area contributed by atoms with Crippen LogP contribution in [0.1, 0.15) is 30.8 Å². The first-order chi connectivity index (χ1) is 12.6. The van der Waals surface area contributed by atoms with E-state index < -0.39 is 23.1 Å². The zero-order chi connectivity index (χ0) is 19.6. The maximum Gasteiger partial charge on any atom is 0.298 e. The van der Waals surface area contributed by atoms with E-state index in [0.29, 0.717) is 0 Å². The molecule has 27 heavy (non-hydrogen) atoms. The van der Waals surface area contributed by atoms with Crippen molar-refractivity contribution in [1.29, 1.82) is 0 Å². The van der Waals surface area contributed by atoms with Gasteiger partial charge in [0.2, 0.25) is 5.82 Å². The summed E-state index contributed by atoms with van der Waals surface area (Å²) in [6.45, 7) is 2.56. The number of alkyl halides is 2. The van der Waals surface area contributed by atoms with Crippen LogP contribution in [0.3, 0.4) is 0 Å². The zero-order valence-corrected chi connectivity index (χ0v) is 14.8. The fourth-order valence-electron chi connectivity index (χ4n) is 2.94. The number of hydrogen-bond acceptors (Lipinski definition) is 4. The average molecular weight is 395 g/mol. The van der Waals surface area contributed by atoms with Crippen molar-refractivity contribution in [3.8, 4) is 0 Å². The summed E-state index contributed by atoms with van der Waals surface area (Å²) in [5, 5.41) is 7.61. The number of rotatable bonds is 1. The summed E-state index contributed by atoms with van der Waals surface area (Å²) in [5.74, 6) is -5.61. The summed E-state index contributed by atoms with van der Waals surface area (Å²) in [6.07, 6.45) is 0. The number of fused-ring (bicyclic) bond motifs is 2. The summed E-state index contributed by atoms with van der Waals surface area (Å²) < 4.78 is 56.9. The van der Waals surface area contributed by atoms with E-state index in [4.69, 9.17) is 11.6 Å². The first kappa shape index (κ1) is 17.8. The molecule has 1 aliphatic heterocycles. The Morgan fingerprint density at radius 2 is 1.74 bits per heavy atom. The van der Waals surface area contributed by atoms with Crippen LogP contribution in [-0.4, -0.2) is 26.4 Å². The van der Waals surface area contributed by atoms with Crippen LogP contribution in [-0.2, 0) is 5.92 Å². The number of halogens is 5. The summed E-state index contributed by atoms with van der Waals surface area (Å²) >= 11 is 5.91. The van der Waals surface area contributed by atoms with E-state index in [-0.39, 0.29) is 38.7 Å². The van der Waals surface area contributed by atoms with Gasteiger partial charge in [0.25, 0.3) is 5.92 Å². The highest BCUT2D eigenvalue weighted by Gasteiger charge is 2.53. The van der Waals surface area contributed by atoms with Crippen molar-refractivity contribution in [3.63, 3.8) is 0 Å². The van der Waals surface area contributed by atoms with Crippen LogP contribution in [0.5, 0.6) is 0 Å². The van der Waals surface area contributed by atoms with Crippen LogP contribution in [0.15, 0.2) is 35.3 Å².